The molecule has 0 amide bonds. The van der Waals surface area contributed by atoms with Crippen molar-refractivity contribution >= 4 is 33.4 Å². The highest BCUT2D eigenvalue weighted by atomic mass is 35.5. The molecule has 0 aliphatic heterocycles. The van der Waals surface area contributed by atoms with Crippen LogP contribution in [0.4, 0.5) is 0 Å². The Labute approximate surface area is 171 Å². The van der Waals surface area contributed by atoms with Gasteiger partial charge in [-0.2, -0.15) is 0 Å². The van der Waals surface area contributed by atoms with Crippen molar-refractivity contribution in [3.63, 3.8) is 0 Å². The predicted octanol–water partition coefficient (Wildman–Crippen LogP) is 4.21. The van der Waals surface area contributed by atoms with Crippen LogP contribution in [0.5, 0.6) is 0 Å². The molecule has 9 heteroatoms. The fourth-order valence-electron chi connectivity index (χ4n) is 2.62. The molecule has 27 heavy (non-hydrogen) atoms. The van der Waals surface area contributed by atoms with Crippen molar-refractivity contribution in [1.29, 1.82) is 0 Å². The predicted molar refractivity (Wildman–Crippen MR) is 113 cm³/mol. The van der Waals surface area contributed by atoms with E-state index in [1.165, 1.54) is 26.3 Å². The van der Waals surface area contributed by atoms with Gasteiger partial charge in [0.25, 0.3) is 0 Å². The van der Waals surface area contributed by atoms with Crippen LogP contribution in [0.1, 0.15) is 39.0 Å². The third-order valence-corrected chi connectivity index (χ3v) is 6.91. The molecule has 1 N–H and O–H groups in total. The van der Waals surface area contributed by atoms with Gasteiger partial charge in [0.2, 0.25) is 10.0 Å². The lowest BCUT2D eigenvalue weighted by molar-refractivity contribution is 0.556. The SMILES string of the molecule is CCCCCCn1c(SCCCS(=O)(=O)NC)nnc1-c1ccc(Cl)cc1. The van der Waals surface area contributed by atoms with Crippen LogP contribution in [0.15, 0.2) is 29.4 Å². The van der Waals surface area contributed by atoms with Crippen molar-refractivity contribution in [3.8, 4) is 11.4 Å². The van der Waals surface area contributed by atoms with Gasteiger partial charge >= 0.3 is 0 Å². The number of nitrogens with one attached hydrogen (secondary N) is 1. The second-order valence-electron chi connectivity index (χ2n) is 6.25. The van der Waals surface area contributed by atoms with Crippen LogP contribution in [-0.4, -0.2) is 41.7 Å². The lowest BCUT2D eigenvalue weighted by Gasteiger charge is -2.10. The quantitative estimate of drug-likeness (QED) is 0.403. The number of thioether (sulfide) groups is 1. The largest absolute Gasteiger partial charge is 0.302 e. The molecule has 2 aromatic rings. The minimum Gasteiger partial charge on any atom is -0.302 e. The maximum absolute atomic E-state index is 11.5. The maximum Gasteiger partial charge on any atom is 0.211 e. The molecule has 1 aromatic carbocycles. The molecule has 0 radical (unpaired) electrons. The lowest BCUT2D eigenvalue weighted by atomic mass is 10.2. The highest BCUT2D eigenvalue weighted by molar-refractivity contribution is 7.99. The second kappa shape index (κ2) is 11.0. The number of halogens is 1. The molecule has 0 saturated heterocycles. The van der Waals surface area contributed by atoms with Gasteiger partial charge < -0.3 is 4.57 Å². The molecule has 0 fully saturated rings. The van der Waals surface area contributed by atoms with E-state index in [2.05, 4.69) is 26.4 Å². The highest BCUT2D eigenvalue weighted by Crippen LogP contribution is 2.26. The number of nitrogens with zero attached hydrogens (tertiary/aromatic N) is 3. The number of unbranched alkanes of at least 4 members (excludes halogenated alkanes) is 3. The average Bonchev–Trinajstić information content (AvgIpc) is 3.06. The number of sulfonamides is 1. The topological polar surface area (TPSA) is 76.9 Å². The Morgan fingerprint density at radius 2 is 1.85 bits per heavy atom. The fraction of sp³-hybridized carbons (Fsp3) is 0.556. The zero-order valence-corrected chi connectivity index (χ0v) is 18.2. The summed E-state index contributed by atoms with van der Waals surface area (Å²) in [4.78, 5) is 0. The van der Waals surface area contributed by atoms with Gasteiger partial charge in [-0.05, 0) is 44.2 Å². The summed E-state index contributed by atoms with van der Waals surface area (Å²) in [7, 11) is -1.73. The van der Waals surface area contributed by atoms with Gasteiger partial charge in [0.05, 0.1) is 5.75 Å². The van der Waals surface area contributed by atoms with E-state index in [-0.39, 0.29) is 5.75 Å². The summed E-state index contributed by atoms with van der Waals surface area (Å²) in [5, 5.41) is 10.2. The van der Waals surface area contributed by atoms with Crippen LogP contribution in [0, 0.1) is 0 Å². The molecule has 6 nitrogen and oxygen atoms in total. The van der Waals surface area contributed by atoms with Crippen molar-refractivity contribution in [2.75, 3.05) is 18.6 Å². The average molecular weight is 431 g/mol. The van der Waals surface area contributed by atoms with E-state index in [1.54, 1.807) is 11.8 Å². The summed E-state index contributed by atoms with van der Waals surface area (Å²) in [5.74, 6) is 1.62. The molecule has 1 aromatic heterocycles. The molecular weight excluding hydrogens is 404 g/mol. The Morgan fingerprint density at radius 3 is 2.52 bits per heavy atom. The number of hydrogen-bond acceptors (Lipinski definition) is 5. The zero-order chi connectivity index (χ0) is 19.7. The monoisotopic (exact) mass is 430 g/mol. The third-order valence-electron chi connectivity index (χ3n) is 4.15. The van der Waals surface area contributed by atoms with Crippen LogP contribution in [0.2, 0.25) is 5.02 Å². The van der Waals surface area contributed by atoms with Crippen molar-refractivity contribution in [1.82, 2.24) is 19.5 Å². The van der Waals surface area contributed by atoms with E-state index in [4.69, 9.17) is 11.6 Å². The summed E-state index contributed by atoms with van der Waals surface area (Å²) in [5.41, 5.74) is 0.979. The molecule has 150 valence electrons. The van der Waals surface area contributed by atoms with Crippen molar-refractivity contribution in [2.45, 2.75) is 50.7 Å². The lowest BCUT2D eigenvalue weighted by Crippen LogP contribution is -2.22. The molecule has 0 aliphatic rings. The minimum absolute atomic E-state index is 0.116. The standard InChI is InChI=1S/C18H27ClN4O2S2/c1-3-4-5-6-12-23-17(15-8-10-16(19)11-9-15)21-22-18(23)26-13-7-14-27(24,25)20-2/h8-11,20H,3-7,12-14H2,1-2H3. The maximum atomic E-state index is 11.5. The normalized spacial score (nSPS) is 11.8. The number of rotatable bonds is 12. The van der Waals surface area contributed by atoms with E-state index in [1.807, 2.05) is 24.3 Å². The van der Waals surface area contributed by atoms with E-state index in [0.717, 1.165) is 29.5 Å². The Balaban J connectivity index is 2.09. The molecule has 0 atom stereocenters. The summed E-state index contributed by atoms with van der Waals surface area (Å²) >= 11 is 7.55. The summed E-state index contributed by atoms with van der Waals surface area (Å²) in [6.07, 6.45) is 5.19. The van der Waals surface area contributed by atoms with E-state index >= 15 is 0 Å². The Kier molecular flexibility index (Phi) is 9.08. The molecular formula is C18H27ClN4O2S2. The summed E-state index contributed by atoms with van der Waals surface area (Å²) in [6, 6.07) is 7.59. The van der Waals surface area contributed by atoms with Gasteiger partial charge in [0.15, 0.2) is 11.0 Å². The van der Waals surface area contributed by atoms with Gasteiger partial charge in [-0.15, -0.1) is 10.2 Å². The first-order valence-corrected chi connectivity index (χ1v) is 12.2. The van der Waals surface area contributed by atoms with Gasteiger partial charge in [-0.1, -0.05) is 49.5 Å². The van der Waals surface area contributed by atoms with E-state index in [0.29, 0.717) is 17.2 Å². The van der Waals surface area contributed by atoms with Gasteiger partial charge in [-0.3, -0.25) is 0 Å². The first-order chi connectivity index (χ1) is 13.0. The van der Waals surface area contributed by atoms with E-state index in [9.17, 15) is 8.42 Å². The Bertz CT molecular complexity index is 807. The number of hydrogen-bond donors (Lipinski definition) is 1. The van der Waals surface area contributed by atoms with Crippen LogP contribution in [0.3, 0.4) is 0 Å². The molecule has 0 bridgehead atoms. The van der Waals surface area contributed by atoms with Gasteiger partial charge in [0, 0.05) is 22.9 Å². The van der Waals surface area contributed by atoms with E-state index < -0.39 is 10.0 Å². The molecule has 0 aliphatic carbocycles. The number of benzene rings is 1. The van der Waals surface area contributed by atoms with Crippen molar-refractivity contribution in [2.24, 2.45) is 0 Å². The molecule has 1 heterocycles. The molecule has 0 unspecified atom stereocenters. The molecule has 0 spiro atoms. The molecule has 0 saturated carbocycles. The summed E-state index contributed by atoms with van der Waals surface area (Å²) < 4.78 is 27.5. The Hall–Kier alpha value is -1.09. The van der Waals surface area contributed by atoms with Crippen molar-refractivity contribution < 1.29 is 8.42 Å². The highest BCUT2D eigenvalue weighted by Gasteiger charge is 2.15. The number of aromatic nitrogens is 3. The fourth-order valence-corrected chi connectivity index (χ4v) is 4.56. The first-order valence-electron chi connectivity index (χ1n) is 9.20. The van der Waals surface area contributed by atoms with Gasteiger partial charge in [-0.25, -0.2) is 13.1 Å². The van der Waals surface area contributed by atoms with Crippen molar-refractivity contribution in [3.05, 3.63) is 29.3 Å². The second-order valence-corrected chi connectivity index (χ2v) is 9.79. The summed E-state index contributed by atoms with van der Waals surface area (Å²) in [6.45, 7) is 3.04. The molecule has 2 rings (SSSR count). The van der Waals surface area contributed by atoms with Crippen LogP contribution in [-0.2, 0) is 16.6 Å². The zero-order valence-electron chi connectivity index (χ0n) is 15.8. The van der Waals surface area contributed by atoms with Crippen LogP contribution >= 0.6 is 23.4 Å². The van der Waals surface area contributed by atoms with Gasteiger partial charge in [0.1, 0.15) is 0 Å². The van der Waals surface area contributed by atoms with Crippen LogP contribution in [0.25, 0.3) is 11.4 Å². The van der Waals surface area contributed by atoms with Crippen LogP contribution < -0.4 is 4.72 Å². The minimum atomic E-state index is -3.17. The third kappa shape index (κ3) is 7.10. The Morgan fingerprint density at radius 1 is 1.11 bits per heavy atom. The first kappa shape index (κ1) is 22.2. The smallest absolute Gasteiger partial charge is 0.211 e.